The van der Waals surface area contributed by atoms with Crippen molar-refractivity contribution in [1.29, 1.82) is 0 Å². The summed E-state index contributed by atoms with van der Waals surface area (Å²) < 4.78 is 14.2. The third kappa shape index (κ3) is 3.28. The highest BCUT2D eigenvalue weighted by Gasteiger charge is 2.23. The third-order valence-electron chi connectivity index (χ3n) is 2.53. The molecule has 1 amide bonds. The van der Waals surface area contributed by atoms with Crippen LogP contribution < -0.4 is 0 Å². The van der Waals surface area contributed by atoms with E-state index in [4.69, 9.17) is 0 Å². The monoisotopic (exact) mass is 301 g/mol. The molecule has 0 N–H and O–H groups in total. The van der Waals surface area contributed by atoms with Crippen LogP contribution in [0.1, 0.15) is 37.6 Å². The molecule has 0 unspecified atom stereocenters. The molecule has 1 aromatic carbocycles. The lowest BCUT2D eigenvalue weighted by Gasteiger charge is -2.26. The molecule has 4 heteroatoms. The summed E-state index contributed by atoms with van der Waals surface area (Å²) in [6.07, 6.45) is 0.857. The molecule has 0 atom stereocenters. The molecule has 1 aromatic rings. The summed E-state index contributed by atoms with van der Waals surface area (Å²) in [5, 5.41) is 0. The van der Waals surface area contributed by atoms with E-state index < -0.39 is 5.82 Å². The molecule has 1 rings (SSSR count). The van der Waals surface area contributed by atoms with Gasteiger partial charge in [-0.2, -0.15) is 0 Å². The van der Waals surface area contributed by atoms with Gasteiger partial charge in [-0.25, -0.2) is 4.39 Å². The Balaban J connectivity index is 3.09. The fourth-order valence-corrected chi connectivity index (χ4v) is 2.19. The molecular weight excluding hydrogens is 285 g/mol. The van der Waals surface area contributed by atoms with Gasteiger partial charge in [-0.3, -0.25) is 4.79 Å². The second kappa shape index (κ2) is 6.15. The fourth-order valence-electron chi connectivity index (χ4n) is 1.68. The van der Waals surface area contributed by atoms with Gasteiger partial charge < -0.3 is 4.90 Å². The molecule has 0 saturated carbocycles. The first-order valence-electron chi connectivity index (χ1n) is 5.74. The Kier molecular flexibility index (Phi) is 5.12. The van der Waals surface area contributed by atoms with Crippen LogP contribution in [-0.4, -0.2) is 23.4 Å². The Hall–Kier alpha value is -0.900. The number of nitrogens with zero attached hydrogens (tertiary/aromatic N) is 1. The third-order valence-corrected chi connectivity index (χ3v) is 3.19. The highest BCUT2D eigenvalue weighted by Crippen LogP contribution is 2.22. The molecule has 0 saturated heterocycles. The summed E-state index contributed by atoms with van der Waals surface area (Å²) in [4.78, 5) is 14.0. The minimum absolute atomic E-state index is 0.0638. The number of halogens is 2. The van der Waals surface area contributed by atoms with E-state index in [1.54, 1.807) is 17.0 Å². The minimum Gasteiger partial charge on any atom is -0.336 e. The molecule has 0 radical (unpaired) electrons. The lowest BCUT2D eigenvalue weighted by molar-refractivity contribution is 0.0700. The van der Waals surface area contributed by atoms with Crippen molar-refractivity contribution in [2.24, 2.45) is 0 Å². The van der Waals surface area contributed by atoms with Crippen molar-refractivity contribution in [3.05, 3.63) is 34.1 Å². The smallest absolute Gasteiger partial charge is 0.258 e. The number of rotatable bonds is 4. The average Bonchev–Trinajstić information content (AvgIpc) is 2.24. The van der Waals surface area contributed by atoms with E-state index in [-0.39, 0.29) is 17.5 Å². The van der Waals surface area contributed by atoms with Crippen molar-refractivity contribution in [3.8, 4) is 0 Å². The summed E-state index contributed by atoms with van der Waals surface area (Å²) in [6, 6.07) is 4.63. The van der Waals surface area contributed by atoms with E-state index in [2.05, 4.69) is 15.9 Å². The van der Waals surface area contributed by atoms with Crippen molar-refractivity contribution >= 4 is 21.8 Å². The van der Waals surface area contributed by atoms with Gasteiger partial charge in [0.2, 0.25) is 0 Å². The largest absolute Gasteiger partial charge is 0.336 e. The van der Waals surface area contributed by atoms with Crippen molar-refractivity contribution in [2.75, 3.05) is 6.54 Å². The Bertz CT molecular complexity index is 386. The molecule has 0 spiro atoms. The summed E-state index contributed by atoms with van der Waals surface area (Å²) >= 11 is 3.23. The number of carbonyl (C=O) groups is 1. The fraction of sp³-hybridized carbons (Fsp3) is 0.462. The van der Waals surface area contributed by atoms with Crippen LogP contribution in [0.2, 0.25) is 0 Å². The first kappa shape index (κ1) is 14.2. The second-order valence-electron chi connectivity index (χ2n) is 4.19. The van der Waals surface area contributed by atoms with Gasteiger partial charge in [0.15, 0.2) is 0 Å². The molecule has 0 aliphatic heterocycles. The van der Waals surface area contributed by atoms with Gasteiger partial charge in [-0.1, -0.05) is 13.0 Å². The van der Waals surface area contributed by atoms with Crippen LogP contribution in [0.5, 0.6) is 0 Å². The Morgan fingerprint density at radius 3 is 2.59 bits per heavy atom. The maximum Gasteiger partial charge on any atom is 0.258 e. The maximum atomic E-state index is 13.7. The number of benzene rings is 1. The minimum atomic E-state index is -0.480. The normalized spacial score (nSPS) is 10.7. The predicted molar refractivity (Wildman–Crippen MR) is 70.6 cm³/mol. The molecule has 0 fully saturated rings. The lowest BCUT2D eigenvalue weighted by Crippen LogP contribution is -2.38. The van der Waals surface area contributed by atoms with Crippen LogP contribution in [-0.2, 0) is 0 Å². The zero-order valence-corrected chi connectivity index (χ0v) is 11.9. The summed E-state index contributed by atoms with van der Waals surface area (Å²) in [6.45, 7) is 6.50. The lowest BCUT2D eigenvalue weighted by atomic mass is 10.1. The molecule has 0 aliphatic carbocycles. The van der Waals surface area contributed by atoms with E-state index in [1.165, 1.54) is 6.07 Å². The second-order valence-corrected chi connectivity index (χ2v) is 5.04. The van der Waals surface area contributed by atoms with Crippen molar-refractivity contribution in [3.63, 3.8) is 0 Å². The van der Waals surface area contributed by atoms with E-state index in [1.807, 2.05) is 20.8 Å². The van der Waals surface area contributed by atoms with Crippen LogP contribution in [0, 0.1) is 5.82 Å². The van der Waals surface area contributed by atoms with Crippen molar-refractivity contribution in [1.82, 2.24) is 4.90 Å². The van der Waals surface area contributed by atoms with Crippen molar-refractivity contribution in [2.45, 2.75) is 33.2 Å². The molecule has 0 heterocycles. The molecular formula is C13H17BrFNO. The topological polar surface area (TPSA) is 20.3 Å². The number of hydrogen-bond donors (Lipinski definition) is 0. The molecule has 2 nitrogen and oxygen atoms in total. The maximum absolute atomic E-state index is 13.7. The van der Waals surface area contributed by atoms with E-state index in [9.17, 15) is 9.18 Å². The molecule has 0 bridgehead atoms. The van der Waals surface area contributed by atoms with Gasteiger partial charge >= 0.3 is 0 Å². The Morgan fingerprint density at radius 2 is 2.12 bits per heavy atom. The van der Waals surface area contributed by atoms with Gasteiger partial charge in [-0.15, -0.1) is 0 Å². The first-order valence-corrected chi connectivity index (χ1v) is 6.53. The average molecular weight is 302 g/mol. The summed E-state index contributed by atoms with van der Waals surface area (Å²) in [7, 11) is 0. The van der Waals surface area contributed by atoms with Gasteiger partial charge in [0.1, 0.15) is 5.82 Å². The van der Waals surface area contributed by atoms with E-state index >= 15 is 0 Å². The van der Waals surface area contributed by atoms with Gasteiger partial charge in [0.05, 0.1) is 5.56 Å². The quantitative estimate of drug-likeness (QED) is 0.827. The molecule has 0 aromatic heterocycles. The van der Waals surface area contributed by atoms with Gasteiger partial charge in [0.25, 0.3) is 5.91 Å². The highest BCUT2D eigenvalue weighted by atomic mass is 79.9. The van der Waals surface area contributed by atoms with Crippen molar-refractivity contribution < 1.29 is 9.18 Å². The number of amides is 1. The molecule has 17 heavy (non-hydrogen) atoms. The Labute approximate surface area is 110 Å². The first-order chi connectivity index (χ1) is 7.99. The van der Waals surface area contributed by atoms with Crippen LogP contribution in [0.25, 0.3) is 0 Å². The van der Waals surface area contributed by atoms with E-state index in [0.29, 0.717) is 11.0 Å². The Morgan fingerprint density at radius 1 is 1.47 bits per heavy atom. The highest BCUT2D eigenvalue weighted by molar-refractivity contribution is 9.10. The summed E-state index contributed by atoms with van der Waals surface area (Å²) in [5.41, 5.74) is 0.120. The molecule has 0 aliphatic rings. The number of carbonyl (C=O) groups excluding carboxylic acids is 1. The number of hydrogen-bond acceptors (Lipinski definition) is 1. The molecule has 94 valence electrons. The van der Waals surface area contributed by atoms with E-state index in [0.717, 1.165) is 6.42 Å². The van der Waals surface area contributed by atoms with Crippen LogP contribution in [0.4, 0.5) is 4.39 Å². The zero-order chi connectivity index (χ0) is 13.0. The standard InChI is InChI=1S/C13H17BrFNO/c1-4-8-16(9(2)3)13(17)12-10(14)6-5-7-11(12)15/h5-7,9H,4,8H2,1-3H3. The van der Waals surface area contributed by atoms with Gasteiger partial charge in [0, 0.05) is 17.1 Å². The zero-order valence-electron chi connectivity index (χ0n) is 10.3. The SMILES string of the molecule is CCCN(C(=O)c1c(F)cccc1Br)C(C)C. The van der Waals surface area contributed by atoms with Crippen LogP contribution in [0.3, 0.4) is 0 Å². The predicted octanol–water partition coefficient (Wildman–Crippen LogP) is 3.85. The summed E-state index contributed by atoms with van der Waals surface area (Å²) in [5.74, 6) is -0.738. The van der Waals surface area contributed by atoms with Crippen LogP contribution in [0.15, 0.2) is 22.7 Å². The van der Waals surface area contributed by atoms with Crippen LogP contribution >= 0.6 is 15.9 Å². The van der Waals surface area contributed by atoms with Gasteiger partial charge in [-0.05, 0) is 48.3 Å².